The highest BCUT2D eigenvalue weighted by Gasteiger charge is 2.28. The third-order valence-electron chi connectivity index (χ3n) is 5.16. The molecule has 0 aliphatic carbocycles. The van der Waals surface area contributed by atoms with Gasteiger partial charge in [-0.2, -0.15) is 0 Å². The number of ether oxygens (including phenoxy) is 1. The van der Waals surface area contributed by atoms with E-state index in [2.05, 4.69) is 6.08 Å². The Balaban J connectivity index is 1.76. The van der Waals surface area contributed by atoms with Crippen LogP contribution >= 0.6 is 0 Å². The fourth-order valence-electron chi connectivity index (χ4n) is 2.94. The van der Waals surface area contributed by atoms with Crippen molar-refractivity contribution in [2.75, 3.05) is 13.2 Å². The zero-order valence-electron chi connectivity index (χ0n) is 17.9. The molecule has 0 saturated carbocycles. The average molecular weight is 417 g/mol. The van der Waals surface area contributed by atoms with Crippen LogP contribution in [0.1, 0.15) is 46.5 Å². The van der Waals surface area contributed by atoms with E-state index in [4.69, 9.17) is 14.3 Å². The van der Waals surface area contributed by atoms with Crippen molar-refractivity contribution in [1.29, 1.82) is 0 Å². The number of benzene rings is 1. The van der Waals surface area contributed by atoms with Crippen molar-refractivity contribution in [3.63, 3.8) is 0 Å². The third kappa shape index (κ3) is 7.44. The van der Waals surface area contributed by atoms with E-state index >= 15 is 0 Å². The molecule has 6 nitrogen and oxygen atoms in total. The number of hydrogen-bond acceptors (Lipinski definition) is 6. The summed E-state index contributed by atoms with van der Waals surface area (Å²) in [5.41, 5.74) is 1.01. The van der Waals surface area contributed by atoms with Crippen molar-refractivity contribution in [2.24, 2.45) is 0 Å². The Labute approximate surface area is 177 Å². The Hall–Kier alpha value is -2.41. The molecule has 1 heterocycles. The van der Waals surface area contributed by atoms with Gasteiger partial charge in [0.1, 0.15) is 23.5 Å². The highest BCUT2D eigenvalue weighted by atomic mass is 16.5. The summed E-state index contributed by atoms with van der Waals surface area (Å²) in [6.45, 7) is 5.45. The molecule has 0 amide bonds. The molecule has 0 unspecified atom stereocenters. The van der Waals surface area contributed by atoms with E-state index in [0.717, 1.165) is 23.8 Å². The summed E-state index contributed by atoms with van der Waals surface area (Å²) >= 11 is 0. The molecule has 2 atom stereocenters. The van der Waals surface area contributed by atoms with Crippen molar-refractivity contribution in [2.45, 2.75) is 58.2 Å². The summed E-state index contributed by atoms with van der Waals surface area (Å²) in [5, 5.41) is 29.7. The van der Waals surface area contributed by atoms with Crippen LogP contribution in [-0.2, 0) is 0 Å². The first-order valence-corrected chi connectivity index (χ1v) is 10.2. The molecule has 0 radical (unpaired) electrons. The van der Waals surface area contributed by atoms with Crippen molar-refractivity contribution in [3.8, 4) is 5.75 Å². The van der Waals surface area contributed by atoms with Crippen LogP contribution < -0.4 is 10.4 Å². The van der Waals surface area contributed by atoms with Gasteiger partial charge < -0.3 is 24.5 Å². The molecule has 30 heavy (non-hydrogen) atoms. The lowest BCUT2D eigenvalue weighted by atomic mass is 9.94. The minimum Gasteiger partial charge on any atom is -0.489 e. The van der Waals surface area contributed by atoms with Gasteiger partial charge in [-0.3, -0.25) is 0 Å². The maximum Gasteiger partial charge on any atom is 0.336 e. The lowest BCUT2D eigenvalue weighted by Gasteiger charge is -2.26. The third-order valence-corrected chi connectivity index (χ3v) is 5.16. The standard InChI is InChI=1S/C24H32O6/c1-17(7-11-22(26)24(3,28)16-25)5-4-6-18(2)13-14-29-20-10-8-19-9-12-23(27)30-21(19)15-20/h5,8-10,12-13,15,22,25-26,28H,4,6-7,11,14,16H2,1-3H3/t22-,24-/m1/s1. The van der Waals surface area contributed by atoms with Gasteiger partial charge in [0.25, 0.3) is 0 Å². The van der Waals surface area contributed by atoms with E-state index in [1.165, 1.54) is 18.6 Å². The molecule has 0 spiro atoms. The van der Waals surface area contributed by atoms with E-state index in [1.807, 2.05) is 32.1 Å². The Kier molecular flexibility index (Phi) is 8.84. The maximum absolute atomic E-state index is 11.3. The Morgan fingerprint density at radius 3 is 2.60 bits per heavy atom. The molecule has 1 aromatic heterocycles. The first-order chi connectivity index (χ1) is 14.2. The Morgan fingerprint density at radius 2 is 1.87 bits per heavy atom. The van der Waals surface area contributed by atoms with Gasteiger partial charge in [0, 0.05) is 17.5 Å². The lowest BCUT2D eigenvalue weighted by Crippen LogP contribution is -2.42. The summed E-state index contributed by atoms with van der Waals surface area (Å²) in [7, 11) is 0. The van der Waals surface area contributed by atoms with Crippen LogP contribution in [0.15, 0.2) is 62.8 Å². The highest BCUT2D eigenvalue weighted by Crippen LogP contribution is 2.20. The van der Waals surface area contributed by atoms with Gasteiger partial charge in [0.15, 0.2) is 0 Å². The van der Waals surface area contributed by atoms with Gasteiger partial charge >= 0.3 is 5.63 Å². The van der Waals surface area contributed by atoms with E-state index in [9.17, 15) is 15.0 Å². The average Bonchev–Trinajstić information content (AvgIpc) is 2.71. The quantitative estimate of drug-likeness (QED) is 0.381. The Bertz CT molecular complexity index is 938. The van der Waals surface area contributed by atoms with Crippen LogP contribution in [0.25, 0.3) is 11.0 Å². The molecular formula is C24H32O6. The second-order valence-corrected chi connectivity index (χ2v) is 7.97. The van der Waals surface area contributed by atoms with Crippen molar-refractivity contribution in [1.82, 2.24) is 0 Å². The molecule has 3 N–H and O–H groups in total. The second kappa shape index (κ2) is 11.1. The molecule has 1 aromatic carbocycles. The molecule has 0 fully saturated rings. The fraction of sp³-hybridized carbons (Fsp3) is 0.458. The predicted octanol–water partition coefficient (Wildman–Crippen LogP) is 3.73. The minimum absolute atomic E-state index is 0.382. The molecule has 0 aliphatic heterocycles. The van der Waals surface area contributed by atoms with Crippen LogP contribution in [0.2, 0.25) is 0 Å². The summed E-state index contributed by atoms with van der Waals surface area (Å²) < 4.78 is 10.9. The highest BCUT2D eigenvalue weighted by molar-refractivity contribution is 5.77. The first-order valence-electron chi connectivity index (χ1n) is 10.2. The van der Waals surface area contributed by atoms with Crippen LogP contribution in [0, 0.1) is 0 Å². The summed E-state index contributed by atoms with van der Waals surface area (Å²) in [5.74, 6) is 0.647. The molecule has 0 saturated heterocycles. The number of rotatable bonds is 11. The van der Waals surface area contributed by atoms with Crippen LogP contribution in [0.4, 0.5) is 0 Å². The number of aliphatic hydroxyl groups excluding tert-OH is 2. The van der Waals surface area contributed by atoms with E-state index in [-0.39, 0.29) is 5.63 Å². The molecule has 2 aromatic rings. The van der Waals surface area contributed by atoms with Gasteiger partial charge in [-0.05, 0) is 70.7 Å². The van der Waals surface area contributed by atoms with E-state index < -0.39 is 18.3 Å². The molecule has 164 valence electrons. The molecule has 0 bridgehead atoms. The Morgan fingerprint density at radius 1 is 1.17 bits per heavy atom. The molecular weight excluding hydrogens is 384 g/mol. The van der Waals surface area contributed by atoms with Crippen molar-refractivity contribution in [3.05, 3.63) is 64.1 Å². The molecule has 6 heteroatoms. The minimum atomic E-state index is -1.46. The van der Waals surface area contributed by atoms with Gasteiger partial charge in [-0.25, -0.2) is 4.79 Å². The zero-order chi connectivity index (χ0) is 22.1. The predicted molar refractivity (Wildman–Crippen MR) is 118 cm³/mol. The summed E-state index contributed by atoms with van der Waals surface area (Å²) in [6, 6.07) is 8.54. The normalized spacial score (nSPS) is 15.8. The summed E-state index contributed by atoms with van der Waals surface area (Å²) in [6.07, 6.45) is 6.05. The topological polar surface area (TPSA) is 100 Å². The van der Waals surface area contributed by atoms with Gasteiger partial charge in [-0.1, -0.05) is 17.2 Å². The monoisotopic (exact) mass is 416 g/mol. The van der Waals surface area contributed by atoms with Gasteiger partial charge in [0.05, 0.1) is 12.7 Å². The number of allylic oxidation sites excluding steroid dienone is 3. The molecule has 2 rings (SSSR count). The first kappa shape index (κ1) is 23.9. The molecule has 0 aliphatic rings. The van der Waals surface area contributed by atoms with Crippen LogP contribution in [0.5, 0.6) is 5.75 Å². The summed E-state index contributed by atoms with van der Waals surface area (Å²) in [4.78, 5) is 11.3. The number of hydrogen-bond donors (Lipinski definition) is 3. The zero-order valence-corrected chi connectivity index (χ0v) is 17.9. The lowest BCUT2D eigenvalue weighted by molar-refractivity contribution is -0.0942. The van der Waals surface area contributed by atoms with E-state index in [0.29, 0.717) is 30.8 Å². The van der Waals surface area contributed by atoms with E-state index in [1.54, 1.807) is 12.1 Å². The number of aliphatic hydroxyl groups is 3. The fourth-order valence-corrected chi connectivity index (χ4v) is 2.94. The van der Waals surface area contributed by atoms with Crippen LogP contribution in [0.3, 0.4) is 0 Å². The van der Waals surface area contributed by atoms with Crippen molar-refractivity contribution < 1.29 is 24.5 Å². The smallest absolute Gasteiger partial charge is 0.336 e. The van der Waals surface area contributed by atoms with Gasteiger partial charge in [0.2, 0.25) is 0 Å². The van der Waals surface area contributed by atoms with Crippen LogP contribution in [-0.4, -0.2) is 40.2 Å². The largest absolute Gasteiger partial charge is 0.489 e. The maximum atomic E-state index is 11.3. The number of fused-ring (bicyclic) bond motifs is 1. The SMILES string of the molecule is CC(=CCOc1ccc2ccc(=O)oc2c1)CCC=C(C)CC[C@@H](O)[C@](C)(O)CO. The van der Waals surface area contributed by atoms with Gasteiger partial charge in [-0.15, -0.1) is 0 Å². The second-order valence-electron chi connectivity index (χ2n) is 7.97. The van der Waals surface area contributed by atoms with Crippen molar-refractivity contribution >= 4 is 11.0 Å².